The number of likely N-dealkylation sites (N-methyl/N-ethyl adjacent to an activating group) is 1. The maximum Gasteiger partial charge on any atom is 0.240 e. The molecule has 0 radical (unpaired) electrons. The molecule has 1 aliphatic carbocycles. The van der Waals surface area contributed by atoms with E-state index >= 15 is 0 Å². The lowest BCUT2D eigenvalue weighted by atomic mass is 9.89. The van der Waals surface area contributed by atoms with E-state index in [9.17, 15) is 8.42 Å². The maximum absolute atomic E-state index is 12.8. The molecule has 0 aliphatic heterocycles. The van der Waals surface area contributed by atoms with Gasteiger partial charge in [-0.2, -0.15) is 0 Å². The van der Waals surface area contributed by atoms with Crippen LogP contribution in [0.2, 0.25) is 0 Å². The number of aryl methyl sites for hydroxylation is 1. The van der Waals surface area contributed by atoms with Crippen LogP contribution in [-0.4, -0.2) is 27.0 Å². The van der Waals surface area contributed by atoms with Crippen molar-refractivity contribution in [1.29, 1.82) is 0 Å². The van der Waals surface area contributed by atoms with E-state index in [4.69, 9.17) is 0 Å². The van der Waals surface area contributed by atoms with Gasteiger partial charge in [0.2, 0.25) is 10.0 Å². The van der Waals surface area contributed by atoms with Crippen molar-refractivity contribution in [3.05, 3.63) is 60.2 Å². The third-order valence-electron chi connectivity index (χ3n) is 5.16. The van der Waals surface area contributed by atoms with Crippen molar-refractivity contribution in [2.24, 2.45) is 0 Å². The average molecular weight is 373 g/mol. The number of rotatable bonds is 6. The van der Waals surface area contributed by atoms with Crippen LogP contribution in [0.1, 0.15) is 38.2 Å². The minimum atomic E-state index is -3.50. The number of hydrogen-bond donors (Lipinski definition) is 1. The topological polar surface area (TPSA) is 49.4 Å². The summed E-state index contributed by atoms with van der Waals surface area (Å²) in [6, 6.07) is 17.2. The first kappa shape index (κ1) is 18.9. The minimum Gasteiger partial charge on any atom is -0.367 e. The van der Waals surface area contributed by atoms with Crippen LogP contribution < -0.4 is 9.62 Å². The Bertz CT molecular complexity index is 821. The molecule has 0 aromatic heterocycles. The lowest BCUT2D eigenvalue weighted by Gasteiger charge is -2.41. The van der Waals surface area contributed by atoms with Gasteiger partial charge in [-0.05, 0) is 56.5 Å². The third-order valence-corrected chi connectivity index (χ3v) is 6.67. The minimum absolute atomic E-state index is 0.0746. The SMILES string of the molecule is CCN(c1cccc(C)c1)[C@@H]1CCCC[C@@H]1NS(=O)(=O)c1ccccc1. The highest BCUT2D eigenvalue weighted by atomic mass is 32.2. The fourth-order valence-electron chi connectivity index (χ4n) is 3.90. The van der Waals surface area contributed by atoms with Gasteiger partial charge in [0.05, 0.1) is 4.90 Å². The van der Waals surface area contributed by atoms with E-state index in [-0.39, 0.29) is 12.1 Å². The highest BCUT2D eigenvalue weighted by molar-refractivity contribution is 7.89. The molecule has 1 fully saturated rings. The number of anilines is 1. The van der Waals surface area contributed by atoms with Gasteiger partial charge in [-0.25, -0.2) is 13.1 Å². The van der Waals surface area contributed by atoms with Crippen molar-refractivity contribution in [1.82, 2.24) is 4.72 Å². The molecule has 1 N–H and O–H groups in total. The zero-order valence-corrected chi connectivity index (χ0v) is 16.4. The number of nitrogens with zero attached hydrogens (tertiary/aromatic N) is 1. The number of nitrogens with one attached hydrogen (secondary N) is 1. The molecule has 2 atom stereocenters. The molecular weight excluding hydrogens is 344 g/mol. The Morgan fingerprint density at radius 1 is 1.04 bits per heavy atom. The lowest BCUT2D eigenvalue weighted by molar-refractivity contribution is 0.345. The summed E-state index contributed by atoms with van der Waals surface area (Å²) < 4.78 is 28.6. The van der Waals surface area contributed by atoms with Crippen LogP contribution in [0, 0.1) is 6.92 Å². The van der Waals surface area contributed by atoms with Gasteiger partial charge in [0, 0.05) is 24.3 Å². The number of hydrogen-bond acceptors (Lipinski definition) is 3. The Balaban J connectivity index is 1.85. The highest BCUT2D eigenvalue weighted by Gasteiger charge is 2.33. The Morgan fingerprint density at radius 2 is 1.77 bits per heavy atom. The molecule has 0 amide bonds. The molecule has 26 heavy (non-hydrogen) atoms. The summed E-state index contributed by atoms with van der Waals surface area (Å²) >= 11 is 0. The fourth-order valence-corrected chi connectivity index (χ4v) is 5.23. The van der Waals surface area contributed by atoms with E-state index in [2.05, 4.69) is 47.7 Å². The largest absolute Gasteiger partial charge is 0.367 e. The zero-order chi connectivity index (χ0) is 18.6. The summed E-state index contributed by atoms with van der Waals surface area (Å²) in [5.74, 6) is 0. The summed E-state index contributed by atoms with van der Waals surface area (Å²) in [6.45, 7) is 5.09. The first-order valence-electron chi connectivity index (χ1n) is 9.42. The summed E-state index contributed by atoms with van der Waals surface area (Å²) in [5.41, 5.74) is 2.39. The number of sulfonamides is 1. The smallest absolute Gasteiger partial charge is 0.240 e. The zero-order valence-electron chi connectivity index (χ0n) is 15.6. The van der Waals surface area contributed by atoms with E-state index in [1.807, 2.05) is 6.07 Å². The summed E-state index contributed by atoms with van der Waals surface area (Å²) in [6.07, 6.45) is 4.07. The van der Waals surface area contributed by atoms with Gasteiger partial charge >= 0.3 is 0 Å². The van der Waals surface area contributed by atoms with E-state index in [0.29, 0.717) is 4.90 Å². The predicted octanol–water partition coefficient (Wildman–Crippen LogP) is 4.11. The van der Waals surface area contributed by atoms with Crippen LogP contribution in [0.4, 0.5) is 5.69 Å². The van der Waals surface area contributed by atoms with E-state index in [1.165, 1.54) is 11.3 Å². The van der Waals surface area contributed by atoms with Crippen LogP contribution in [0.25, 0.3) is 0 Å². The van der Waals surface area contributed by atoms with Gasteiger partial charge in [0.25, 0.3) is 0 Å². The molecule has 0 saturated heterocycles. The second-order valence-electron chi connectivity index (χ2n) is 7.02. The average Bonchev–Trinajstić information content (AvgIpc) is 2.64. The molecule has 1 aliphatic rings. The third kappa shape index (κ3) is 4.27. The Morgan fingerprint density at radius 3 is 2.46 bits per heavy atom. The van der Waals surface area contributed by atoms with Crippen molar-refractivity contribution in [3.63, 3.8) is 0 Å². The van der Waals surface area contributed by atoms with Gasteiger partial charge in [-0.15, -0.1) is 0 Å². The van der Waals surface area contributed by atoms with E-state index in [1.54, 1.807) is 24.3 Å². The molecule has 0 heterocycles. The van der Waals surface area contributed by atoms with E-state index < -0.39 is 10.0 Å². The lowest BCUT2D eigenvalue weighted by Crippen LogP contribution is -2.53. The van der Waals surface area contributed by atoms with Crippen LogP contribution >= 0.6 is 0 Å². The Hall–Kier alpha value is -1.85. The Kier molecular flexibility index (Phi) is 5.99. The Labute approximate surface area is 157 Å². The summed E-state index contributed by atoms with van der Waals surface area (Å²) in [4.78, 5) is 2.69. The van der Waals surface area contributed by atoms with Crippen molar-refractivity contribution in [2.45, 2.75) is 56.5 Å². The normalized spacial score (nSPS) is 20.7. The van der Waals surface area contributed by atoms with Crippen LogP contribution in [0.3, 0.4) is 0 Å². The monoisotopic (exact) mass is 372 g/mol. The van der Waals surface area contributed by atoms with Gasteiger partial charge < -0.3 is 4.90 Å². The first-order valence-corrected chi connectivity index (χ1v) is 10.9. The second-order valence-corrected chi connectivity index (χ2v) is 8.73. The van der Waals surface area contributed by atoms with Crippen LogP contribution in [0.5, 0.6) is 0 Å². The predicted molar refractivity (Wildman–Crippen MR) is 107 cm³/mol. The van der Waals surface area contributed by atoms with Crippen LogP contribution in [0.15, 0.2) is 59.5 Å². The van der Waals surface area contributed by atoms with E-state index in [0.717, 1.165) is 32.2 Å². The molecule has 1 saturated carbocycles. The van der Waals surface area contributed by atoms with Gasteiger partial charge in [0.1, 0.15) is 0 Å². The van der Waals surface area contributed by atoms with Crippen molar-refractivity contribution >= 4 is 15.7 Å². The quantitative estimate of drug-likeness (QED) is 0.830. The molecule has 2 aromatic rings. The molecular formula is C21H28N2O2S. The summed E-state index contributed by atoms with van der Waals surface area (Å²) in [5, 5.41) is 0. The van der Waals surface area contributed by atoms with Gasteiger partial charge in [0.15, 0.2) is 0 Å². The molecule has 4 nitrogen and oxygen atoms in total. The molecule has 0 unspecified atom stereocenters. The molecule has 5 heteroatoms. The highest BCUT2D eigenvalue weighted by Crippen LogP contribution is 2.29. The molecule has 0 spiro atoms. The second kappa shape index (κ2) is 8.23. The summed E-state index contributed by atoms with van der Waals surface area (Å²) in [7, 11) is -3.50. The van der Waals surface area contributed by atoms with Gasteiger partial charge in [-0.1, -0.05) is 43.2 Å². The number of benzene rings is 2. The van der Waals surface area contributed by atoms with Gasteiger partial charge in [-0.3, -0.25) is 0 Å². The molecule has 2 aromatic carbocycles. The standard InChI is InChI=1S/C21H28N2O2S/c1-3-23(18-11-9-10-17(2)16-18)21-15-8-7-14-20(21)22-26(24,25)19-12-5-4-6-13-19/h4-6,9-13,16,20-22H,3,7-8,14-15H2,1-2H3/t20-,21+/m0/s1. The van der Waals surface area contributed by atoms with Crippen molar-refractivity contribution in [3.8, 4) is 0 Å². The molecule has 140 valence electrons. The van der Waals surface area contributed by atoms with Crippen molar-refractivity contribution < 1.29 is 8.42 Å². The molecule has 0 bridgehead atoms. The maximum atomic E-state index is 12.8. The fraction of sp³-hybridized carbons (Fsp3) is 0.429. The first-order chi connectivity index (χ1) is 12.5. The molecule has 3 rings (SSSR count). The van der Waals surface area contributed by atoms with Crippen molar-refractivity contribution in [2.75, 3.05) is 11.4 Å². The van der Waals surface area contributed by atoms with Crippen LogP contribution in [-0.2, 0) is 10.0 Å².